The smallest absolute Gasteiger partial charge is 0.190 e. The number of hydrogen-bond donors (Lipinski definition) is 0. The van der Waals surface area contributed by atoms with Crippen molar-refractivity contribution in [3.8, 4) is 11.3 Å². The fourth-order valence-corrected chi connectivity index (χ4v) is 4.85. The molecule has 148 valence electrons. The molecule has 0 amide bonds. The Labute approximate surface area is 183 Å². The van der Waals surface area contributed by atoms with E-state index in [0.717, 1.165) is 34.5 Å². The number of aromatic nitrogens is 3. The predicted octanol–water partition coefficient (Wildman–Crippen LogP) is 6.12. The highest BCUT2D eigenvalue weighted by molar-refractivity contribution is 9.10. The van der Waals surface area contributed by atoms with Crippen molar-refractivity contribution in [2.45, 2.75) is 33.4 Å². The summed E-state index contributed by atoms with van der Waals surface area (Å²) in [5.74, 6) is 0. The normalized spacial score (nSPS) is 11.9. The van der Waals surface area contributed by atoms with Crippen LogP contribution in [-0.4, -0.2) is 14.1 Å². The molecule has 4 nitrogen and oxygen atoms in total. The van der Waals surface area contributed by atoms with E-state index in [1.54, 1.807) is 11.3 Å². The van der Waals surface area contributed by atoms with E-state index in [4.69, 9.17) is 4.99 Å². The van der Waals surface area contributed by atoms with E-state index in [1.807, 2.05) is 24.8 Å². The maximum atomic E-state index is 5.08. The first-order valence-corrected chi connectivity index (χ1v) is 11.3. The van der Waals surface area contributed by atoms with Crippen LogP contribution in [-0.2, 0) is 13.1 Å². The summed E-state index contributed by atoms with van der Waals surface area (Å²) < 4.78 is 5.56. The van der Waals surface area contributed by atoms with E-state index < -0.39 is 0 Å². The van der Waals surface area contributed by atoms with Crippen LogP contribution in [0.3, 0.4) is 0 Å². The molecule has 0 saturated heterocycles. The largest absolute Gasteiger partial charge is 0.337 e. The van der Waals surface area contributed by atoms with E-state index in [2.05, 4.69) is 85.7 Å². The van der Waals surface area contributed by atoms with Gasteiger partial charge >= 0.3 is 0 Å². The maximum Gasteiger partial charge on any atom is 0.190 e. The lowest BCUT2D eigenvalue weighted by Gasteiger charge is -2.11. The zero-order valence-electron chi connectivity index (χ0n) is 16.5. The van der Waals surface area contributed by atoms with E-state index in [1.165, 1.54) is 22.4 Å². The average molecular weight is 467 g/mol. The highest BCUT2D eigenvalue weighted by Crippen LogP contribution is 2.29. The standard InChI is InChI=1S/C23H23BrN4S/c1-17-7-5-8-18(2)22(17)26-23-28(13-6-12-27-14-11-25-16-27)21(15-29-23)19-9-3-4-10-20(19)24/h3-5,7-11,14-16H,6,12-13H2,1-2H3. The van der Waals surface area contributed by atoms with E-state index in [-0.39, 0.29) is 0 Å². The molecule has 2 aromatic heterocycles. The molecule has 2 heterocycles. The number of nitrogens with zero attached hydrogens (tertiary/aromatic N) is 4. The Bertz CT molecular complexity index is 1150. The van der Waals surface area contributed by atoms with Crippen LogP contribution < -0.4 is 4.80 Å². The molecule has 0 aliphatic heterocycles. The first-order chi connectivity index (χ1) is 14.1. The van der Waals surface area contributed by atoms with Gasteiger partial charge in [-0.25, -0.2) is 9.98 Å². The Hall–Kier alpha value is -2.44. The maximum absolute atomic E-state index is 5.08. The zero-order chi connectivity index (χ0) is 20.2. The number of imidazole rings is 1. The van der Waals surface area contributed by atoms with E-state index in [0.29, 0.717) is 0 Å². The van der Waals surface area contributed by atoms with Crippen molar-refractivity contribution >= 4 is 33.0 Å². The quantitative estimate of drug-likeness (QED) is 0.337. The molecule has 0 unspecified atom stereocenters. The fraction of sp³-hybridized carbons (Fsp3) is 0.217. The summed E-state index contributed by atoms with van der Waals surface area (Å²) in [4.78, 5) is 10.2. The minimum atomic E-state index is 0.891. The molecule has 4 aromatic rings. The molecule has 6 heteroatoms. The number of halogens is 1. The topological polar surface area (TPSA) is 35.1 Å². The van der Waals surface area contributed by atoms with Gasteiger partial charge in [-0.3, -0.25) is 0 Å². The minimum absolute atomic E-state index is 0.891. The van der Waals surface area contributed by atoms with Gasteiger partial charge in [0.05, 0.1) is 17.7 Å². The van der Waals surface area contributed by atoms with Gasteiger partial charge in [-0.1, -0.05) is 52.3 Å². The molecule has 0 radical (unpaired) electrons. The lowest BCUT2D eigenvalue weighted by atomic mass is 10.1. The number of thiazole rings is 1. The molecule has 2 aromatic carbocycles. The van der Waals surface area contributed by atoms with Gasteiger partial charge in [-0.05, 0) is 37.5 Å². The van der Waals surface area contributed by atoms with Crippen LogP contribution in [0, 0.1) is 13.8 Å². The van der Waals surface area contributed by atoms with Crippen molar-refractivity contribution in [3.05, 3.63) is 87.0 Å². The second kappa shape index (κ2) is 8.93. The van der Waals surface area contributed by atoms with Gasteiger partial charge in [-0.2, -0.15) is 0 Å². The number of rotatable bonds is 6. The summed E-state index contributed by atoms with van der Waals surface area (Å²) in [5.41, 5.74) is 5.85. The third-order valence-corrected chi connectivity index (χ3v) is 6.51. The zero-order valence-corrected chi connectivity index (χ0v) is 18.9. The average Bonchev–Trinajstić information content (AvgIpc) is 3.36. The van der Waals surface area contributed by atoms with E-state index in [9.17, 15) is 0 Å². The molecule has 0 spiro atoms. The summed E-state index contributed by atoms with van der Waals surface area (Å²) in [6, 6.07) is 14.7. The molecule has 0 saturated carbocycles. The van der Waals surface area contributed by atoms with Crippen molar-refractivity contribution < 1.29 is 0 Å². The first kappa shape index (κ1) is 19.9. The molecular weight excluding hydrogens is 444 g/mol. The molecule has 4 rings (SSSR count). The molecule has 0 fully saturated rings. The van der Waals surface area contributed by atoms with Gasteiger partial charge in [0.1, 0.15) is 0 Å². The molecule has 29 heavy (non-hydrogen) atoms. The van der Waals surface area contributed by atoms with Crippen molar-refractivity contribution in [2.75, 3.05) is 0 Å². The van der Waals surface area contributed by atoms with Gasteiger partial charge in [0, 0.05) is 40.9 Å². The summed E-state index contributed by atoms with van der Waals surface area (Å²) in [6.45, 7) is 6.07. The first-order valence-electron chi connectivity index (χ1n) is 9.63. The number of hydrogen-bond acceptors (Lipinski definition) is 3. The molecule has 0 atom stereocenters. The predicted molar refractivity (Wildman–Crippen MR) is 123 cm³/mol. The number of benzene rings is 2. The molecule has 0 aliphatic carbocycles. The summed E-state index contributed by atoms with van der Waals surface area (Å²) in [7, 11) is 0. The van der Waals surface area contributed by atoms with Crippen molar-refractivity contribution in [1.29, 1.82) is 0 Å². The molecular formula is C23H23BrN4S. The third-order valence-electron chi connectivity index (χ3n) is 4.95. The highest BCUT2D eigenvalue weighted by Gasteiger charge is 2.11. The Morgan fingerprint density at radius 3 is 2.55 bits per heavy atom. The van der Waals surface area contributed by atoms with Gasteiger partial charge in [0.2, 0.25) is 0 Å². The summed E-state index contributed by atoms with van der Waals surface area (Å²) in [6.07, 6.45) is 6.71. The second-order valence-corrected chi connectivity index (χ2v) is 8.73. The summed E-state index contributed by atoms with van der Waals surface area (Å²) in [5, 5.41) is 2.21. The van der Waals surface area contributed by atoms with Crippen LogP contribution in [0.5, 0.6) is 0 Å². The second-order valence-electron chi connectivity index (χ2n) is 7.04. The van der Waals surface area contributed by atoms with Crippen LogP contribution in [0.4, 0.5) is 5.69 Å². The van der Waals surface area contributed by atoms with E-state index >= 15 is 0 Å². The lowest BCUT2D eigenvalue weighted by Crippen LogP contribution is -2.17. The Balaban J connectivity index is 1.77. The Morgan fingerprint density at radius 1 is 1.03 bits per heavy atom. The van der Waals surface area contributed by atoms with Crippen molar-refractivity contribution in [1.82, 2.24) is 14.1 Å². The Kier molecular flexibility index (Phi) is 6.11. The van der Waals surface area contributed by atoms with Crippen LogP contribution in [0.2, 0.25) is 0 Å². The van der Waals surface area contributed by atoms with Crippen LogP contribution in [0.25, 0.3) is 11.3 Å². The fourth-order valence-electron chi connectivity index (χ4n) is 3.43. The third kappa shape index (κ3) is 4.43. The van der Waals surface area contributed by atoms with Crippen LogP contribution in [0.1, 0.15) is 17.5 Å². The molecule has 0 bridgehead atoms. The molecule has 0 N–H and O–H groups in total. The molecule has 0 aliphatic rings. The summed E-state index contributed by atoms with van der Waals surface area (Å²) >= 11 is 5.41. The van der Waals surface area contributed by atoms with Gasteiger partial charge in [0.15, 0.2) is 4.80 Å². The van der Waals surface area contributed by atoms with Crippen LogP contribution >= 0.6 is 27.3 Å². The lowest BCUT2D eigenvalue weighted by molar-refractivity contribution is 0.559. The van der Waals surface area contributed by atoms with Gasteiger partial charge < -0.3 is 9.13 Å². The number of para-hydroxylation sites is 1. The highest BCUT2D eigenvalue weighted by atomic mass is 79.9. The minimum Gasteiger partial charge on any atom is -0.337 e. The SMILES string of the molecule is Cc1cccc(C)c1N=c1scc(-c2ccccc2Br)n1CCCn1ccnc1. The monoisotopic (exact) mass is 466 g/mol. The van der Waals surface area contributed by atoms with Crippen molar-refractivity contribution in [3.63, 3.8) is 0 Å². The van der Waals surface area contributed by atoms with Gasteiger partial charge in [-0.15, -0.1) is 11.3 Å². The number of aryl methyl sites for hydroxylation is 3. The Morgan fingerprint density at radius 2 is 1.83 bits per heavy atom. The van der Waals surface area contributed by atoms with Gasteiger partial charge in [0.25, 0.3) is 0 Å². The van der Waals surface area contributed by atoms with Crippen molar-refractivity contribution in [2.24, 2.45) is 4.99 Å². The van der Waals surface area contributed by atoms with Crippen LogP contribution in [0.15, 0.2) is 76.0 Å².